The molecule has 0 unspecified atom stereocenters. The summed E-state index contributed by atoms with van der Waals surface area (Å²) in [6.07, 6.45) is 0. The standard InChI is InChI=1S/C48H25N5OS/c49-26-31-22-29(19-21-39(31)53-40-15-7-4-12-32(40)36-24-37-35-14-6-9-17-44(35)55-45(37)25-41(36)53)47-38(27-50)46(28-10-2-1-3-11-28)51-48(52-47)30-18-20-34-33-13-5-8-16-42(33)54-43(34)23-30/h1-25H. The monoisotopic (exact) mass is 719 g/mol. The Kier molecular flexibility index (Phi) is 6.75. The second-order valence-corrected chi connectivity index (χ2v) is 14.7. The zero-order chi connectivity index (χ0) is 36.6. The lowest BCUT2D eigenvalue weighted by molar-refractivity contribution is 0.669. The highest BCUT2D eigenvalue weighted by Crippen LogP contribution is 2.42. The van der Waals surface area contributed by atoms with Gasteiger partial charge in [-0.1, -0.05) is 97.1 Å². The third kappa shape index (κ3) is 4.71. The van der Waals surface area contributed by atoms with Crippen LogP contribution < -0.4 is 0 Å². The van der Waals surface area contributed by atoms with Gasteiger partial charge in [0.05, 0.1) is 33.7 Å². The summed E-state index contributed by atoms with van der Waals surface area (Å²) in [6, 6.07) is 55.7. The van der Waals surface area contributed by atoms with Crippen LogP contribution in [-0.2, 0) is 0 Å². The van der Waals surface area contributed by atoms with Gasteiger partial charge >= 0.3 is 0 Å². The van der Waals surface area contributed by atoms with Gasteiger partial charge < -0.3 is 8.98 Å². The van der Waals surface area contributed by atoms with Crippen LogP contribution in [-0.4, -0.2) is 14.5 Å². The number of nitrogens with zero attached hydrogens (tertiary/aromatic N) is 5. The molecule has 0 atom stereocenters. The van der Waals surface area contributed by atoms with E-state index in [9.17, 15) is 10.5 Å². The number of nitriles is 2. The van der Waals surface area contributed by atoms with Crippen molar-refractivity contribution in [2.75, 3.05) is 0 Å². The molecule has 11 aromatic rings. The summed E-state index contributed by atoms with van der Waals surface area (Å²) in [4.78, 5) is 10.1. The quantitative estimate of drug-likeness (QED) is 0.181. The topological polar surface area (TPSA) is 91.4 Å². The minimum absolute atomic E-state index is 0.334. The van der Waals surface area contributed by atoms with Gasteiger partial charge in [0.15, 0.2) is 5.82 Å². The van der Waals surface area contributed by atoms with Gasteiger partial charge in [0, 0.05) is 58.4 Å². The number of hydrogen-bond donors (Lipinski definition) is 0. The summed E-state index contributed by atoms with van der Waals surface area (Å²) < 4.78 is 10.8. The van der Waals surface area contributed by atoms with Crippen LogP contribution >= 0.6 is 11.3 Å². The van der Waals surface area contributed by atoms with Crippen LogP contribution in [0.5, 0.6) is 0 Å². The molecule has 0 fully saturated rings. The molecule has 0 radical (unpaired) electrons. The Bertz CT molecular complexity index is 3470. The number of furan rings is 1. The predicted molar refractivity (Wildman–Crippen MR) is 222 cm³/mol. The highest BCUT2D eigenvalue weighted by Gasteiger charge is 2.22. The molecule has 254 valence electrons. The first-order valence-corrected chi connectivity index (χ1v) is 18.7. The lowest BCUT2D eigenvalue weighted by atomic mass is 9.98. The molecule has 0 bridgehead atoms. The number of fused-ring (bicyclic) bond motifs is 9. The van der Waals surface area contributed by atoms with Crippen LogP contribution in [0.15, 0.2) is 156 Å². The molecule has 55 heavy (non-hydrogen) atoms. The molecule has 7 heteroatoms. The average molecular weight is 720 g/mol. The van der Waals surface area contributed by atoms with E-state index in [0.717, 1.165) is 60.6 Å². The van der Waals surface area contributed by atoms with Crippen LogP contribution in [0.25, 0.3) is 104 Å². The maximum absolute atomic E-state index is 10.8. The van der Waals surface area contributed by atoms with E-state index in [4.69, 9.17) is 14.4 Å². The van der Waals surface area contributed by atoms with Gasteiger partial charge in [-0.3, -0.25) is 0 Å². The van der Waals surface area contributed by atoms with E-state index in [1.165, 1.54) is 20.2 Å². The maximum atomic E-state index is 10.8. The van der Waals surface area contributed by atoms with Crippen LogP contribution in [0.4, 0.5) is 0 Å². The molecule has 11 rings (SSSR count). The minimum Gasteiger partial charge on any atom is -0.456 e. The first kappa shape index (κ1) is 31.0. The first-order chi connectivity index (χ1) is 27.2. The molecule has 0 aliphatic heterocycles. The van der Waals surface area contributed by atoms with Gasteiger partial charge in [-0.25, -0.2) is 9.97 Å². The van der Waals surface area contributed by atoms with Crippen LogP contribution in [0.3, 0.4) is 0 Å². The fourth-order valence-electron chi connectivity index (χ4n) is 7.99. The molecule has 7 aromatic carbocycles. The molecule has 0 saturated heterocycles. The number of benzene rings is 7. The van der Waals surface area contributed by atoms with Gasteiger partial charge in [-0.05, 0) is 54.6 Å². The number of aromatic nitrogens is 3. The Morgan fingerprint density at radius 2 is 1.20 bits per heavy atom. The Morgan fingerprint density at radius 1 is 0.491 bits per heavy atom. The van der Waals surface area contributed by atoms with E-state index < -0.39 is 0 Å². The van der Waals surface area contributed by atoms with E-state index in [1.807, 2.05) is 97.1 Å². The van der Waals surface area contributed by atoms with E-state index in [-0.39, 0.29) is 0 Å². The molecule has 0 aliphatic carbocycles. The van der Waals surface area contributed by atoms with Crippen molar-refractivity contribution in [3.8, 4) is 51.7 Å². The van der Waals surface area contributed by atoms with Gasteiger partial charge in [-0.15, -0.1) is 11.3 Å². The van der Waals surface area contributed by atoms with Gasteiger partial charge in [0.1, 0.15) is 28.9 Å². The third-order valence-corrected chi connectivity index (χ3v) is 11.6. The molecule has 0 spiro atoms. The zero-order valence-electron chi connectivity index (χ0n) is 29.0. The Labute approximate surface area is 318 Å². The molecule has 4 aromatic heterocycles. The van der Waals surface area contributed by atoms with Crippen molar-refractivity contribution in [1.82, 2.24) is 14.5 Å². The van der Waals surface area contributed by atoms with E-state index in [2.05, 4.69) is 71.3 Å². The van der Waals surface area contributed by atoms with Crippen LogP contribution in [0.1, 0.15) is 11.1 Å². The third-order valence-electron chi connectivity index (χ3n) is 10.5. The highest BCUT2D eigenvalue weighted by molar-refractivity contribution is 7.25. The summed E-state index contributed by atoms with van der Waals surface area (Å²) in [7, 11) is 0. The number of rotatable bonds is 4. The van der Waals surface area contributed by atoms with Crippen molar-refractivity contribution < 1.29 is 4.42 Å². The minimum atomic E-state index is 0.334. The van der Waals surface area contributed by atoms with Gasteiger partial charge in [0.25, 0.3) is 0 Å². The summed E-state index contributed by atoms with van der Waals surface area (Å²) in [5.74, 6) is 0.451. The van der Waals surface area contributed by atoms with Gasteiger partial charge in [-0.2, -0.15) is 10.5 Å². The lowest BCUT2D eigenvalue weighted by Gasteiger charge is -2.14. The largest absolute Gasteiger partial charge is 0.456 e. The smallest absolute Gasteiger partial charge is 0.160 e. The van der Waals surface area contributed by atoms with E-state index in [1.54, 1.807) is 11.3 Å². The molecular formula is C48H25N5OS. The second kappa shape index (κ2) is 12.0. The van der Waals surface area contributed by atoms with Crippen molar-refractivity contribution in [3.05, 3.63) is 163 Å². The lowest BCUT2D eigenvalue weighted by Crippen LogP contribution is -2.02. The van der Waals surface area contributed by atoms with Crippen molar-refractivity contribution in [2.45, 2.75) is 0 Å². The summed E-state index contributed by atoms with van der Waals surface area (Å²) >= 11 is 1.78. The maximum Gasteiger partial charge on any atom is 0.160 e. The molecular weight excluding hydrogens is 695 g/mol. The predicted octanol–water partition coefficient (Wildman–Crippen LogP) is 12.6. The second-order valence-electron chi connectivity index (χ2n) is 13.6. The molecule has 4 heterocycles. The summed E-state index contributed by atoms with van der Waals surface area (Å²) in [5.41, 5.74) is 8.29. The van der Waals surface area contributed by atoms with Crippen LogP contribution in [0.2, 0.25) is 0 Å². The summed E-state index contributed by atoms with van der Waals surface area (Å²) in [6.45, 7) is 0. The Balaban J connectivity index is 1.13. The van der Waals surface area contributed by atoms with Crippen molar-refractivity contribution in [3.63, 3.8) is 0 Å². The molecule has 6 nitrogen and oxygen atoms in total. The number of hydrogen-bond acceptors (Lipinski definition) is 6. The van der Waals surface area contributed by atoms with Crippen molar-refractivity contribution in [2.24, 2.45) is 0 Å². The molecule has 0 amide bonds. The van der Waals surface area contributed by atoms with E-state index in [0.29, 0.717) is 33.9 Å². The fraction of sp³-hybridized carbons (Fsp3) is 0. The molecule has 0 saturated carbocycles. The number of para-hydroxylation sites is 2. The fourth-order valence-corrected chi connectivity index (χ4v) is 9.11. The van der Waals surface area contributed by atoms with E-state index >= 15 is 0 Å². The first-order valence-electron chi connectivity index (χ1n) is 17.9. The normalized spacial score (nSPS) is 11.6. The average Bonchev–Trinajstić information content (AvgIpc) is 3.91. The highest BCUT2D eigenvalue weighted by atomic mass is 32.1. The number of thiophene rings is 1. The van der Waals surface area contributed by atoms with Crippen molar-refractivity contribution in [1.29, 1.82) is 10.5 Å². The SMILES string of the molecule is N#Cc1cc(-c2nc(-c3ccc4c(c3)oc3ccccc34)nc(-c3ccccc3)c2C#N)ccc1-n1c2ccccc2c2cc3c(cc21)sc1ccccc13. The molecule has 0 aliphatic rings. The Morgan fingerprint density at radius 3 is 2.04 bits per heavy atom. The zero-order valence-corrected chi connectivity index (χ0v) is 29.8. The summed E-state index contributed by atoms with van der Waals surface area (Å²) in [5, 5.41) is 28.2. The van der Waals surface area contributed by atoms with Crippen molar-refractivity contribution >= 4 is 75.3 Å². The van der Waals surface area contributed by atoms with Gasteiger partial charge in [0.2, 0.25) is 0 Å². The van der Waals surface area contributed by atoms with Crippen LogP contribution in [0, 0.1) is 22.7 Å². The Hall–Kier alpha value is -7.58. The molecule has 0 N–H and O–H groups in total.